The predicted octanol–water partition coefficient (Wildman–Crippen LogP) is 5.41. The lowest BCUT2D eigenvalue weighted by molar-refractivity contribution is 0.414. The fourth-order valence-corrected chi connectivity index (χ4v) is 5.02. The highest BCUT2D eigenvalue weighted by molar-refractivity contribution is 7.99. The van der Waals surface area contributed by atoms with Crippen LogP contribution >= 0.6 is 11.8 Å². The van der Waals surface area contributed by atoms with Crippen molar-refractivity contribution in [1.82, 2.24) is 9.97 Å². The number of aromatic amines is 1. The lowest BCUT2D eigenvalue weighted by Gasteiger charge is -2.16. The summed E-state index contributed by atoms with van der Waals surface area (Å²) in [5, 5.41) is 0.481. The first-order chi connectivity index (χ1) is 14.9. The molecule has 0 spiro atoms. The number of hydrogen-bond donors (Lipinski definition) is 1. The van der Waals surface area contributed by atoms with Crippen LogP contribution in [0.3, 0.4) is 0 Å². The number of methoxy groups -OCH3 is 1. The number of H-pyrrole nitrogens is 1. The molecule has 1 aliphatic rings. The van der Waals surface area contributed by atoms with Crippen LogP contribution in [0.1, 0.15) is 47.6 Å². The minimum absolute atomic E-state index is 0.0681. The van der Waals surface area contributed by atoms with Crippen LogP contribution in [0.2, 0.25) is 0 Å². The number of halogens is 2. The lowest BCUT2D eigenvalue weighted by Crippen LogP contribution is -2.19. The fraction of sp³-hybridized carbons (Fsp3) is 0.333. The van der Waals surface area contributed by atoms with Crippen molar-refractivity contribution >= 4 is 11.8 Å². The van der Waals surface area contributed by atoms with Gasteiger partial charge in [0, 0.05) is 22.8 Å². The molecule has 0 bridgehead atoms. The van der Waals surface area contributed by atoms with Crippen LogP contribution in [0.4, 0.5) is 8.78 Å². The first kappa shape index (κ1) is 21.6. The highest BCUT2D eigenvalue weighted by Crippen LogP contribution is 2.49. The van der Waals surface area contributed by atoms with Crippen molar-refractivity contribution in [2.75, 3.05) is 12.9 Å². The summed E-state index contributed by atoms with van der Waals surface area (Å²) in [7, 11) is 1.65. The topological polar surface area (TPSA) is 55.0 Å². The number of hydrogen-bond acceptors (Lipinski definition) is 4. The molecule has 0 saturated heterocycles. The van der Waals surface area contributed by atoms with Gasteiger partial charge in [-0.3, -0.25) is 4.79 Å². The van der Waals surface area contributed by atoms with Crippen LogP contribution in [0.5, 0.6) is 5.75 Å². The minimum Gasteiger partial charge on any atom is -0.497 e. The normalized spacial score (nSPS) is 18.6. The zero-order valence-corrected chi connectivity index (χ0v) is 18.4. The Labute approximate surface area is 184 Å². The van der Waals surface area contributed by atoms with E-state index in [0.29, 0.717) is 28.2 Å². The van der Waals surface area contributed by atoms with Crippen LogP contribution in [-0.4, -0.2) is 22.8 Å². The Morgan fingerprint density at radius 3 is 2.52 bits per heavy atom. The van der Waals surface area contributed by atoms with Crippen LogP contribution < -0.4 is 10.3 Å². The minimum atomic E-state index is -0.671. The third-order valence-corrected chi connectivity index (χ3v) is 6.97. The van der Waals surface area contributed by atoms with E-state index in [9.17, 15) is 13.6 Å². The Morgan fingerprint density at radius 2 is 1.87 bits per heavy atom. The molecule has 0 radical (unpaired) electrons. The third-order valence-electron chi connectivity index (χ3n) is 5.91. The Bertz CT molecular complexity index is 1130. The van der Waals surface area contributed by atoms with Gasteiger partial charge in [0.2, 0.25) is 0 Å². The molecule has 1 N–H and O–H groups in total. The van der Waals surface area contributed by atoms with E-state index in [2.05, 4.69) is 22.1 Å². The molecular formula is C24H24F2N2O2S. The highest BCUT2D eigenvalue weighted by Gasteiger charge is 2.38. The number of benzene rings is 2. The maximum absolute atomic E-state index is 14.3. The van der Waals surface area contributed by atoms with Gasteiger partial charge in [0.25, 0.3) is 5.56 Å². The number of ether oxygens (including phenoxy) is 1. The maximum atomic E-state index is 14.3. The van der Waals surface area contributed by atoms with Crippen LogP contribution in [0, 0.1) is 24.5 Å². The third kappa shape index (κ3) is 4.51. The molecule has 1 saturated carbocycles. The van der Waals surface area contributed by atoms with Gasteiger partial charge in [0.1, 0.15) is 17.4 Å². The second-order valence-electron chi connectivity index (χ2n) is 7.92. The summed E-state index contributed by atoms with van der Waals surface area (Å²) < 4.78 is 33.7. The summed E-state index contributed by atoms with van der Waals surface area (Å²) in [6.45, 7) is 3.30. The molecule has 3 aromatic rings. The number of nitrogens with zero attached hydrogens (tertiary/aromatic N) is 1. The van der Waals surface area contributed by atoms with Crippen molar-refractivity contribution in [2.45, 2.75) is 37.3 Å². The van der Waals surface area contributed by atoms with Gasteiger partial charge in [-0.2, -0.15) is 0 Å². The molecule has 4 nitrogen and oxygen atoms in total. The van der Waals surface area contributed by atoms with Crippen molar-refractivity contribution in [3.63, 3.8) is 0 Å². The zero-order chi connectivity index (χ0) is 22.1. The van der Waals surface area contributed by atoms with Crippen LogP contribution in [0.15, 0.2) is 52.4 Å². The molecule has 0 amide bonds. The second kappa shape index (κ2) is 8.83. The molecule has 1 fully saturated rings. The summed E-state index contributed by atoms with van der Waals surface area (Å²) in [5.41, 5.74) is 1.71. The first-order valence-electron chi connectivity index (χ1n) is 10.2. The van der Waals surface area contributed by atoms with E-state index in [1.165, 1.54) is 35.5 Å². The average Bonchev–Trinajstić information content (AvgIpc) is 3.54. The summed E-state index contributed by atoms with van der Waals surface area (Å²) in [6, 6.07) is 11.9. The summed E-state index contributed by atoms with van der Waals surface area (Å²) >= 11 is 1.48. The first-order valence-corrected chi connectivity index (χ1v) is 11.2. The van der Waals surface area contributed by atoms with Gasteiger partial charge in [-0.1, -0.05) is 36.9 Å². The summed E-state index contributed by atoms with van der Waals surface area (Å²) in [4.78, 5) is 19.8. The second-order valence-corrected chi connectivity index (χ2v) is 8.93. The number of aromatic nitrogens is 2. The molecular weight excluding hydrogens is 418 g/mol. The summed E-state index contributed by atoms with van der Waals surface area (Å²) in [5.74, 6) is 0.689. The molecule has 1 heterocycles. The number of rotatable bonds is 7. The molecule has 0 unspecified atom stereocenters. The van der Waals surface area contributed by atoms with Gasteiger partial charge in [-0.25, -0.2) is 13.8 Å². The lowest BCUT2D eigenvalue weighted by atomic mass is 9.94. The van der Waals surface area contributed by atoms with Gasteiger partial charge in [-0.15, -0.1) is 0 Å². The molecule has 4 rings (SSSR count). The predicted molar refractivity (Wildman–Crippen MR) is 118 cm³/mol. The average molecular weight is 443 g/mol. The smallest absolute Gasteiger partial charge is 0.254 e. The molecule has 31 heavy (non-hydrogen) atoms. The van der Waals surface area contributed by atoms with Gasteiger partial charge < -0.3 is 9.72 Å². The van der Waals surface area contributed by atoms with Crippen molar-refractivity contribution in [2.24, 2.45) is 5.92 Å². The van der Waals surface area contributed by atoms with Crippen molar-refractivity contribution in [3.8, 4) is 5.75 Å². The number of nitrogens with one attached hydrogen (secondary N) is 1. The Kier molecular flexibility index (Phi) is 6.14. The Morgan fingerprint density at radius 1 is 1.19 bits per heavy atom. The SMILES string of the molecule is COc1ccc([C@@H]2C[C@@H]2CSc2nc([C@@H](C)c3c(F)cccc3F)c(C)c(=O)[nH]2)cc1. The molecule has 7 heteroatoms. The van der Waals surface area contributed by atoms with Gasteiger partial charge >= 0.3 is 0 Å². The van der Waals surface area contributed by atoms with Crippen molar-refractivity contribution in [3.05, 3.63) is 86.8 Å². The van der Waals surface area contributed by atoms with Gasteiger partial charge in [-0.05, 0) is 55.0 Å². The fourth-order valence-electron chi connectivity index (χ4n) is 3.96. The number of thioether (sulfide) groups is 1. The van der Waals surface area contributed by atoms with E-state index >= 15 is 0 Å². The van der Waals surface area contributed by atoms with Crippen LogP contribution in [0.25, 0.3) is 0 Å². The maximum Gasteiger partial charge on any atom is 0.254 e. The van der Waals surface area contributed by atoms with E-state index in [-0.39, 0.29) is 11.1 Å². The van der Waals surface area contributed by atoms with E-state index in [1.807, 2.05) is 12.1 Å². The zero-order valence-electron chi connectivity index (χ0n) is 17.6. The molecule has 0 aliphatic heterocycles. The molecule has 1 aromatic heterocycles. The van der Waals surface area contributed by atoms with Gasteiger partial charge in [0.05, 0.1) is 12.8 Å². The van der Waals surface area contributed by atoms with Gasteiger partial charge in [0.15, 0.2) is 5.16 Å². The highest BCUT2D eigenvalue weighted by atomic mass is 32.2. The van der Waals surface area contributed by atoms with Crippen molar-refractivity contribution < 1.29 is 13.5 Å². The molecule has 162 valence electrons. The summed E-state index contributed by atoms with van der Waals surface area (Å²) in [6.07, 6.45) is 1.08. The molecule has 1 aliphatic carbocycles. The van der Waals surface area contributed by atoms with Crippen LogP contribution in [-0.2, 0) is 0 Å². The monoisotopic (exact) mass is 442 g/mol. The van der Waals surface area contributed by atoms with E-state index < -0.39 is 17.6 Å². The largest absolute Gasteiger partial charge is 0.497 e. The molecule has 2 aromatic carbocycles. The van der Waals surface area contributed by atoms with E-state index in [4.69, 9.17) is 4.74 Å². The van der Waals surface area contributed by atoms with E-state index in [0.717, 1.165) is 17.9 Å². The Balaban J connectivity index is 1.49. The van der Waals surface area contributed by atoms with E-state index in [1.54, 1.807) is 21.0 Å². The standard InChI is InChI=1S/C24H24F2N2O2S/c1-13(21-19(25)5-4-6-20(21)26)22-14(2)23(29)28-24(27-22)31-12-16-11-18(16)15-7-9-17(30-3)10-8-15/h4-10,13,16,18H,11-12H2,1-3H3,(H,27,28,29)/t13-,16+,18-/m0/s1. The Hall–Kier alpha value is -2.67. The molecule has 3 atom stereocenters. The van der Waals surface area contributed by atoms with Crippen molar-refractivity contribution in [1.29, 1.82) is 0 Å². The quantitative estimate of drug-likeness (QED) is 0.393.